The molecule has 0 fully saturated rings. The van der Waals surface area contributed by atoms with Crippen molar-refractivity contribution in [3.63, 3.8) is 0 Å². The van der Waals surface area contributed by atoms with Crippen molar-refractivity contribution in [2.75, 3.05) is 18.6 Å². The molecular formula is C25H25N5O5S2. The van der Waals surface area contributed by atoms with Gasteiger partial charge in [0.1, 0.15) is 22.0 Å². The van der Waals surface area contributed by atoms with Gasteiger partial charge in [-0.2, -0.15) is 0 Å². The van der Waals surface area contributed by atoms with E-state index in [4.69, 9.17) is 15.5 Å². The predicted molar refractivity (Wildman–Crippen MR) is 145 cm³/mol. The van der Waals surface area contributed by atoms with E-state index in [0.29, 0.717) is 26.8 Å². The number of benzene rings is 1. The molecule has 0 spiro atoms. The highest BCUT2D eigenvalue weighted by Crippen LogP contribution is 2.35. The van der Waals surface area contributed by atoms with E-state index in [1.165, 1.54) is 34.9 Å². The third kappa shape index (κ3) is 4.19. The Balaban J connectivity index is 1.63. The summed E-state index contributed by atoms with van der Waals surface area (Å²) in [6, 6.07) is 7.08. The standard InChI is InChI=1S/C25H25N5O5S2/c1-28-20(26)19(22(32)29(2)25(28)34)16(31)12-36-24-27-21-18(15-9-4-5-10-17(15)37-21)23(33)30(24)13-7-6-8-14(11-13)35-3/h6-8,11H,4-5,9-10,12,26H2,1-3H3. The van der Waals surface area contributed by atoms with Gasteiger partial charge in [0.2, 0.25) is 0 Å². The molecule has 0 unspecified atom stereocenters. The SMILES string of the molecule is COc1cccc(-n2c(SCC(=O)c3c(N)n(C)c(=O)n(C)c3=O)nc3sc4c(c3c2=O)CCCC4)c1. The fraction of sp³-hybridized carbons (Fsp3) is 0.320. The van der Waals surface area contributed by atoms with Gasteiger partial charge in [-0.05, 0) is 43.4 Å². The zero-order valence-electron chi connectivity index (χ0n) is 20.6. The highest BCUT2D eigenvalue weighted by Gasteiger charge is 2.25. The monoisotopic (exact) mass is 539 g/mol. The largest absolute Gasteiger partial charge is 0.497 e. The summed E-state index contributed by atoms with van der Waals surface area (Å²) >= 11 is 2.57. The van der Waals surface area contributed by atoms with Gasteiger partial charge in [0.15, 0.2) is 10.9 Å². The number of hydrogen-bond donors (Lipinski definition) is 1. The van der Waals surface area contributed by atoms with Crippen LogP contribution in [0.3, 0.4) is 0 Å². The highest BCUT2D eigenvalue weighted by atomic mass is 32.2. The van der Waals surface area contributed by atoms with Gasteiger partial charge < -0.3 is 10.5 Å². The second kappa shape index (κ2) is 9.67. The number of ketones is 1. The van der Waals surface area contributed by atoms with Crippen molar-refractivity contribution in [3.8, 4) is 11.4 Å². The molecule has 1 aliphatic rings. The summed E-state index contributed by atoms with van der Waals surface area (Å²) in [4.78, 5) is 58.5. The molecule has 0 saturated carbocycles. The first-order chi connectivity index (χ1) is 17.7. The van der Waals surface area contributed by atoms with Gasteiger partial charge in [-0.15, -0.1) is 11.3 Å². The lowest BCUT2D eigenvalue weighted by molar-refractivity contribution is 0.102. The molecule has 5 rings (SSSR count). The number of thiophene rings is 1. The number of carbonyl (C=O) groups excluding carboxylic acids is 1. The van der Waals surface area contributed by atoms with Crippen LogP contribution in [-0.4, -0.2) is 37.3 Å². The van der Waals surface area contributed by atoms with Gasteiger partial charge in [-0.25, -0.2) is 9.78 Å². The number of methoxy groups -OCH3 is 1. The van der Waals surface area contributed by atoms with Crippen molar-refractivity contribution in [2.24, 2.45) is 14.1 Å². The Bertz CT molecular complexity index is 1750. The molecule has 3 aromatic heterocycles. The van der Waals surface area contributed by atoms with Gasteiger partial charge in [0, 0.05) is 25.0 Å². The number of nitrogen functional groups attached to an aromatic ring is 1. The number of aromatic nitrogens is 4. The zero-order chi connectivity index (χ0) is 26.4. The van der Waals surface area contributed by atoms with Crippen LogP contribution in [0.15, 0.2) is 43.8 Å². The summed E-state index contributed by atoms with van der Waals surface area (Å²) in [5.74, 6) is -0.385. The average molecular weight is 540 g/mol. The number of aryl methyl sites for hydroxylation is 2. The average Bonchev–Trinajstić information content (AvgIpc) is 3.28. The Morgan fingerprint density at radius 3 is 2.65 bits per heavy atom. The van der Waals surface area contributed by atoms with E-state index in [-0.39, 0.29) is 22.7 Å². The second-order valence-electron chi connectivity index (χ2n) is 8.81. The molecule has 0 bridgehead atoms. The van der Waals surface area contributed by atoms with E-state index in [9.17, 15) is 19.2 Å². The number of thioether (sulfide) groups is 1. The molecule has 4 aromatic rings. The number of rotatable bonds is 6. The first-order valence-corrected chi connectivity index (χ1v) is 13.5. The molecule has 0 saturated heterocycles. The maximum absolute atomic E-state index is 13.9. The minimum atomic E-state index is -0.759. The molecule has 0 amide bonds. The number of carbonyl (C=O) groups is 1. The third-order valence-electron chi connectivity index (χ3n) is 6.59. The lowest BCUT2D eigenvalue weighted by Gasteiger charge is -2.14. The van der Waals surface area contributed by atoms with Gasteiger partial charge in [-0.1, -0.05) is 17.8 Å². The van der Waals surface area contributed by atoms with Crippen molar-refractivity contribution < 1.29 is 9.53 Å². The summed E-state index contributed by atoms with van der Waals surface area (Å²) in [6.07, 6.45) is 3.87. The molecule has 0 aliphatic heterocycles. The number of ether oxygens (including phenoxy) is 1. The highest BCUT2D eigenvalue weighted by molar-refractivity contribution is 7.99. The molecule has 192 valence electrons. The van der Waals surface area contributed by atoms with Gasteiger partial charge in [0.05, 0.1) is 23.9 Å². The fourth-order valence-corrected chi connectivity index (χ4v) is 6.77. The molecule has 12 heteroatoms. The minimum Gasteiger partial charge on any atom is -0.497 e. The molecule has 3 heterocycles. The van der Waals surface area contributed by atoms with Crippen molar-refractivity contribution >= 4 is 44.9 Å². The van der Waals surface area contributed by atoms with Crippen LogP contribution in [0.5, 0.6) is 5.75 Å². The zero-order valence-corrected chi connectivity index (χ0v) is 22.2. The topological polar surface area (TPSA) is 131 Å². The second-order valence-corrected chi connectivity index (χ2v) is 10.8. The van der Waals surface area contributed by atoms with Gasteiger partial charge >= 0.3 is 5.69 Å². The number of hydrogen-bond acceptors (Lipinski definition) is 9. The molecule has 0 atom stereocenters. The molecule has 1 aliphatic carbocycles. The van der Waals surface area contributed by atoms with E-state index in [1.807, 2.05) is 0 Å². The first kappa shape index (κ1) is 25.0. The number of fused-ring (bicyclic) bond motifs is 3. The summed E-state index contributed by atoms with van der Waals surface area (Å²) in [7, 11) is 4.24. The van der Waals surface area contributed by atoms with Crippen LogP contribution in [0.25, 0.3) is 15.9 Å². The van der Waals surface area contributed by atoms with Crippen LogP contribution in [0.2, 0.25) is 0 Å². The van der Waals surface area contributed by atoms with E-state index in [2.05, 4.69) is 0 Å². The van der Waals surface area contributed by atoms with Crippen LogP contribution in [0.1, 0.15) is 33.6 Å². The quantitative estimate of drug-likeness (QED) is 0.224. The van der Waals surface area contributed by atoms with Crippen LogP contribution in [0, 0.1) is 0 Å². The Labute approximate surface area is 219 Å². The summed E-state index contributed by atoms with van der Waals surface area (Å²) < 4.78 is 8.76. The predicted octanol–water partition coefficient (Wildman–Crippen LogP) is 2.29. The van der Waals surface area contributed by atoms with Crippen molar-refractivity contribution in [1.29, 1.82) is 0 Å². The van der Waals surface area contributed by atoms with Crippen LogP contribution >= 0.6 is 23.1 Å². The van der Waals surface area contributed by atoms with Crippen molar-refractivity contribution in [3.05, 3.63) is 71.5 Å². The maximum atomic E-state index is 13.9. The molecular weight excluding hydrogens is 514 g/mol. The van der Waals surface area contributed by atoms with Gasteiger partial charge in [0.25, 0.3) is 11.1 Å². The molecule has 37 heavy (non-hydrogen) atoms. The first-order valence-electron chi connectivity index (χ1n) is 11.7. The lowest BCUT2D eigenvalue weighted by Crippen LogP contribution is -2.41. The number of nitrogens with two attached hydrogens (primary N) is 1. The number of anilines is 1. The molecule has 2 N–H and O–H groups in total. The number of nitrogens with zero attached hydrogens (tertiary/aromatic N) is 4. The maximum Gasteiger partial charge on any atom is 0.332 e. The molecule has 10 nitrogen and oxygen atoms in total. The summed E-state index contributed by atoms with van der Waals surface area (Å²) in [6.45, 7) is 0. The van der Waals surface area contributed by atoms with Crippen LogP contribution < -0.4 is 27.3 Å². The van der Waals surface area contributed by atoms with Crippen molar-refractivity contribution in [1.82, 2.24) is 18.7 Å². The Morgan fingerprint density at radius 2 is 1.89 bits per heavy atom. The summed E-state index contributed by atoms with van der Waals surface area (Å²) in [5, 5.41) is 0.937. The Morgan fingerprint density at radius 1 is 1.14 bits per heavy atom. The fourth-order valence-electron chi connectivity index (χ4n) is 4.58. The molecule has 0 radical (unpaired) electrons. The normalized spacial score (nSPS) is 13.1. The minimum absolute atomic E-state index is 0.196. The van der Waals surface area contributed by atoms with Crippen LogP contribution in [-0.2, 0) is 26.9 Å². The Kier molecular flexibility index (Phi) is 6.54. The van der Waals surface area contributed by atoms with E-state index in [1.54, 1.807) is 31.4 Å². The smallest absolute Gasteiger partial charge is 0.332 e. The summed E-state index contributed by atoms with van der Waals surface area (Å²) in [5.41, 5.74) is 5.74. The lowest BCUT2D eigenvalue weighted by atomic mass is 9.97. The number of Topliss-reactive ketones (excluding diaryl/α,β-unsaturated/α-hetero) is 1. The van der Waals surface area contributed by atoms with E-state index >= 15 is 0 Å². The van der Waals surface area contributed by atoms with E-state index < -0.39 is 17.0 Å². The molecule has 1 aromatic carbocycles. The van der Waals surface area contributed by atoms with E-state index in [0.717, 1.165) is 52.1 Å². The van der Waals surface area contributed by atoms with Crippen molar-refractivity contribution in [2.45, 2.75) is 30.8 Å². The van der Waals surface area contributed by atoms with Crippen LogP contribution in [0.4, 0.5) is 5.82 Å². The third-order valence-corrected chi connectivity index (χ3v) is 8.72. The van der Waals surface area contributed by atoms with Gasteiger partial charge in [-0.3, -0.25) is 28.1 Å². The Hall–Kier alpha value is -3.64.